The molecule has 2 amide bonds. The summed E-state index contributed by atoms with van der Waals surface area (Å²) in [5.41, 5.74) is 1.42. The molecule has 1 aliphatic heterocycles. The molecule has 1 aliphatic carbocycles. The van der Waals surface area contributed by atoms with E-state index in [0.717, 1.165) is 44.3 Å². The van der Waals surface area contributed by atoms with Crippen LogP contribution in [0.3, 0.4) is 0 Å². The van der Waals surface area contributed by atoms with Crippen LogP contribution in [0.4, 0.5) is 10.5 Å². The molecule has 9 heteroatoms. The van der Waals surface area contributed by atoms with Gasteiger partial charge in [-0.25, -0.2) is 17.9 Å². The van der Waals surface area contributed by atoms with Gasteiger partial charge in [0.15, 0.2) is 0 Å². The van der Waals surface area contributed by atoms with Gasteiger partial charge in [0.1, 0.15) is 0 Å². The van der Waals surface area contributed by atoms with Gasteiger partial charge >= 0.3 is 6.03 Å². The number of hydrogen-bond acceptors (Lipinski definition) is 5. The maximum atomic E-state index is 13.0. The number of rotatable bonds is 7. The number of anilines is 1. The lowest BCUT2D eigenvalue weighted by Gasteiger charge is -2.38. The molecule has 2 unspecified atom stereocenters. The molecule has 2 aromatic rings. The molecule has 32 heavy (non-hydrogen) atoms. The summed E-state index contributed by atoms with van der Waals surface area (Å²) < 4.78 is 29.0. The van der Waals surface area contributed by atoms with Crippen molar-refractivity contribution in [2.24, 2.45) is 0 Å². The van der Waals surface area contributed by atoms with E-state index in [1.165, 1.54) is 25.0 Å². The normalized spacial score (nSPS) is 21.9. The number of hydrogen-bond donors (Lipinski definition) is 3. The molecule has 0 radical (unpaired) electrons. The molecule has 4 rings (SSSR count). The van der Waals surface area contributed by atoms with Crippen molar-refractivity contribution in [2.75, 3.05) is 18.4 Å². The molecule has 1 aromatic heterocycles. The molecule has 1 aromatic carbocycles. The first kappa shape index (κ1) is 22.7. The number of nitrogens with one attached hydrogen (secondary N) is 3. The third kappa shape index (κ3) is 5.85. The molecule has 1 saturated heterocycles. The molecular weight excluding hydrogens is 426 g/mol. The van der Waals surface area contributed by atoms with E-state index in [2.05, 4.69) is 25.2 Å². The Bertz CT molecular complexity index is 992. The first-order valence-corrected chi connectivity index (χ1v) is 12.8. The Balaban J connectivity index is 1.34. The Kier molecular flexibility index (Phi) is 7.39. The van der Waals surface area contributed by atoms with Gasteiger partial charge in [-0.15, -0.1) is 0 Å². The van der Waals surface area contributed by atoms with Crippen LogP contribution < -0.4 is 15.4 Å². The standard InChI is InChI=1S/C23H31N5O3S/c29-23(25-17-18-6-5-13-24-16-18)26-19-9-11-20(12-10-19)32(30,31)27-21-7-1-2-8-22(21)28-14-3-4-15-28/h5-6,9-13,16,21-22,27H,1-4,7-8,14-15,17H2,(H2,25,26,29). The number of sulfonamides is 1. The van der Waals surface area contributed by atoms with Crippen molar-refractivity contribution in [1.29, 1.82) is 0 Å². The molecule has 172 valence electrons. The summed E-state index contributed by atoms with van der Waals surface area (Å²) in [5, 5.41) is 5.48. The highest BCUT2D eigenvalue weighted by Crippen LogP contribution is 2.27. The first-order valence-electron chi connectivity index (χ1n) is 11.3. The molecule has 2 atom stereocenters. The Labute approximate surface area is 189 Å². The molecule has 0 bridgehead atoms. The highest BCUT2D eigenvalue weighted by molar-refractivity contribution is 7.89. The lowest BCUT2D eigenvalue weighted by molar-refractivity contribution is 0.160. The van der Waals surface area contributed by atoms with E-state index in [9.17, 15) is 13.2 Å². The number of carbonyl (C=O) groups excluding carboxylic acids is 1. The molecule has 0 spiro atoms. The van der Waals surface area contributed by atoms with Crippen molar-refractivity contribution in [3.8, 4) is 0 Å². The van der Waals surface area contributed by atoms with E-state index in [4.69, 9.17) is 0 Å². The van der Waals surface area contributed by atoms with Crippen LogP contribution in [-0.4, -0.2) is 49.5 Å². The smallest absolute Gasteiger partial charge is 0.319 e. The van der Waals surface area contributed by atoms with Gasteiger partial charge < -0.3 is 10.6 Å². The highest BCUT2D eigenvalue weighted by Gasteiger charge is 2.34. The van der Waals surface area contributed by atoms with Crippen LogP contribution in [-0.2, 0) is 16.6 Å². The van der Waals surface area contributed by atoms with Gasteiger partial charge in [0.2, 0.25) is 10.0 Å². The number of urea groups is 1. The van der Waals surface area contributed by atoms with Gasteiger partial charge in [0.05, 0.1) is 4.90 Å². The summed E-state index contributed by atoms with van der Waals surface area (Å²) in [6.45, 7) is 2.48. The minimum atomic E-state index is -3.63. The zero-order chi connectivity index (χ0) is 22.4. The van der Waals surface area contributed by atoms with Crippen LogP contribution in [0.1, 0.15) is 44.1 Å². The second kappa shape index (κ2) is 10.4. The van der Waals surface area contributed by atoms with Gasteiger partial charge in [0, 0.05) is 36.7 Å². The van der Waals surface area contributed by atoms with Gasteiger partial charge in [0.25, 0.3) is 0 Å². The van der Waals surface area contributed by atoms with E-state index in [1.807, 2.05) is 12.1 Å². The Morgan fingerprint density at radius 1 is 1.03 bits per heavy atom. The minimum absolute atomic E-state index is 0.0529. The maximum Gasteiger partial charge on any atom is 0.319 e. The molecule has 8 nitrogen and oxygen atoms in total. The lowest BCUT2D eigenvalue weighted by atomic mass is 9.90. The predicted octanol–water partition coefficient (Wildman–Crippen LogP) is 3.09. The van der Waals surface area contributed by atoms with Crippen LogP contribution in [0.15, 0.2) is 53.7 Å². The first-order chi connectivity index (χ1) is 15.5. The van der Waals surface area contributed by atoms with Crippen LogP contribution in [0.5, 0.6) is 0 Å². The van der Waals surface area contributed by atoms with Crippen LogP contribution in [0.2, 0.25) is 0 Å². The van der Waals surface area contributed by atoms with E-state index < -0.39 is 10.0 Å². The summed E-state index contributed by atoms with van der Waals surface area (Å²) in [6, 6.07) is 9.84. The summed E-state index contributed by atoms with van der Waals surface area (Å²) in [7, 11) is -3.63. The minimum Gasteiger partial charge on any atom is -0.334 e. The van der Waals surface area contributed by atoms with Crippen molar-refractivity contribution in [2.45, 2.75) is 62.0 Å². The fourth-order valence-corrected chi connectivity index (χ4v) is 5.91. The SMILES string of the molecule is O=C(NCc1cccnc1)Nc1ccc(S(=O)(=O)NC2CCCCC2N2CCCC2)cc1. The van der Waals surface area contributed by atoms with Crippen molar-refractivity contribution < 1.29 is 13.2 Å². The lowest BCUT2D eigenvalue weighted by Crippen LogP contribution is -2.52. The van der Waals surface area contributed by atoms with Crippen molar-refractivity contribution in [3.05, 3.63) is 54.4 Å². The quantitative estimate of drug-likeness (QED) is 0.593. The molecule has 3 N–H and O–H groups in total. The number of aromatic nitrogens is 1. The largest absolute Gasteiger partial charge is 0.334 e. The predicted molar refractivity (Wildman–Crippen MR) is 124 cm³/mol. The summed E-state index contributed by atoms with van der Waals surface area (Å²) in [4.78, 5) is 18.8. The Morgan fingerprint density at radius 3 is 2.50 bits per heavy atom. The van der Waals surface area contributed by atoms with E-state index in [0.29, 0.717) is 12.2 Å². The summed E-state index contributed by atoms with van der Waals surface area (Å²) in [6.07, 6.45) is 9.88. The maximum absolute atomic E-state index is 13.0. The summed E-state index contributed by atoms with van der Waals surface area (Å²) >= 11 is 0. The van der Waals surface area contributed by atoms with Crippen LogP contribution >= 0.6 is 0 Å². The average Bonchev–Trinajstić information content (AvgIpc) is 3.34. The van der Waals surface area contributed by atoms with Crippen molar-refractivity contribution in [3.63, 3.8) is 0 Å². The second-order valence-electron chi connectivity index (χ2n) is 8.52. The monoisotopic (exact) mass is 457 g/mol. The van der Waals surface area contributed by atoms with Crippen molar-refractivity contribution >= 4 is 21.7 Å². The third-order valence-corrected chi connectivity index (χ3v) is 7.75. The molecule has 2 aliphatic rings. The Morgan fingerprint density at radius 2 is 1.78 bits per heavy atom. The number of carbonyl (C=O) groups is 1. The van der Waals surface area contributed by atoms with E-state index >= 15 is 0 Å². The highest BCUT2D eigenvalue weighted by atomic mass is 32.2. The van der Waals surface area contributed by atoms with Gasteiger partial charge in [-0.3, -0.25) is 9.88 Å². The topological polar surface area (TPSA) is 103 Å². The number of nitrogens with zero attached hydrogens (tertiary/aromatic N) is 2. The van der Waals surface area contributed by atoms with Crippen LogP contribution in [0.25, 0.3) is 0 Å². The number of benzene rings is 1. The molecule has 2 heterocycles. The fourth-order valence-electron chi connectivity index (χ4n) is 4.60. The van der Waals surface area contributed by atoms with Gasteiger partial charge in [-0.05, 0) is 74.7 Å². The van der Waals surface area contributed by atoms with E-state index in [1.54, 1.807) is 24.5 Å². The van der Waals surface area contributed by atoms with E-state index in [-0.39, 0.29) is 23.0 Å². The van der Waals surface area contributed by atoms with Gasteiger partial charge in [-0.1, -0.05) is 18.9 Å². The average molecular weight is 458 g/mol. The van der Waals surface area contributed by atoms with Crippen molar-refractivity contribution in [1.82, 2.24) is 19.9 Å². The number of pyridine rings is 1. The number of likely N-dealkylation sites (tertiary alicyclic amines) is 1. The molecule has 2 fully saturated rings. The summed E-state index contributed by atoms with van der Waals surface area (Å²) in [5.74, 6) is 0. The van der Waals surface area contributed by atoms with Crippen LogP contribution in [0, 0.1) is 0 Å². The number of amides is 2. The fraction of sp³-hybridized carbons (Fsp3) is 0.478. The zero-order valence-electron chi connectivity index (χ0n) is 18.2. The Hall–Kier alpha value is -2.49. The molecule has 1 saturated carbocycles. The molecular formula is C23H31N5O3S. The third-order valence-electron chi connectivity index (χ3n) is 6.24. The second-order valence-corrected chi connectivity index (χ2v) is 10.2. The zero-order valence-corrected chi connectivity index (χ0v) is 19.0. The van der Waals surface area contributed by atoms with Gasteiger partial charge in [-0.2, -0.15) is 0 Å².